The molecule has 6 heteroatoms. The van der Waals surface area contributed by atoms with Crippen molar-refractivity contribution in [3.05, 3.63) is 64.2 Å². The van der Waals surface area contributed by atoms with E-state index in [1.807, 2.05) is 42.1 Å². The number of nitrogens with zero attached hydrogens (tertiary/aromatic N) is 1. The zero-order chi connectivity index (χ0) is 18.9. The molecule has 2 aliphatic heterocycles. The molecule has 0 saturated carbocycles. The first-order chi connectivity index (χ1) is 13.1. The molecule has 2 aliphatic rings. The van der Waals surface area contributed by atoms with Crippen molar-refractivity contribution in [2.24, 2.45) is 16.1 Å². The SMILES string of the molecule is NC(=O)c1ccc2c(c1)CC1(CCSCC1)C(=NCc1cccc(Cl)c1)N2. The standard InChI is InChI=1S/C21H22ClN3OS/c22-17-3-1-2-14(10-17)13-24-20-21(6-8-27-9-7-21)12-16-11-15(19(23)26)4-5-18(16)25-20/h1-5,10-11H,6-9,12-13H2,(H2,23,26)(H,24,25). The van der Waals surface area contributed by atoms with Gasteiger partial charge in [0.15, 0.2) is 0 Å². The number of rotatable bonds is 3. The van der Waals surface area contributed by atoms with Crippen LogP contribution in [0.15, 0.2) is 47.5 Å². The lowest BCUT2D eigenvalue weighted by Gasteiger charge is -2.42. The van der Waals surface area contributed by atoms with E-state index in [4.69, 9.17) is 22.3 Å². The highest BCUT2D eigenvalue weighted by atomic mass is 35.5. The smallest absolute Gasteiger partial charge is 0.248 e. The third-order valence-electron chi connectivity index (χ3n) is 5.43. The summed E-state index contributed by atoms with van der Waals surface area (Å²) in [5.74, 6) is 2.93. The van der Waals surface area contributed by atoms with Gasteiger partial charge in [0.25, 0.3) is 0 Å². The van der Waals surface area contributed by atoms with E-state index in [9.17, 15) is 4.79 Å². The highest BCUT2D eigenvalue weighted by Crippen LogP contribution is 2.44. The molecule has 2 heterocycles. The van der Waals surface area contributed by atoms with Crippen molar-refractivity contribution in [1.82, 2.24) is 0 Å². The van der Waals surface area contributed by atoms with Crippen LogP contribution >= 0.6 is 23.4 Å². The van der Waals surface area contributed by atoms with Crippen molar-refractivity contribution >= 4 is 40.8 Å². The molecule has 0 bridgehead atoms. The van der Waals surface area contributed by atoms with Crippen LogP contribution in [0.5, 0.6) is 0 Å². The van der Waals surface area contributed by atoms with Crippen LogP contribution in [0, 0.1) is 5.41 Å². The fraction of sp³-hybridized carbons (Fsp3) is 0.333. The van der Waals surface area contributed by atoms with Gasteiger partial charge >= 0.3 is 0 Å². The van der Waals surface area contributed by atoms with Crippen LogP contribution in [-0.2, 0) is 13.0 Å². The molecule has 4 nitrogen and oxygen atoms in total. The first kappa shape index (κ1) is 18.4. The van der Waals surface area contributed by atoms with Gasteiger partial charge in [-0.25, -0.2) is 0 Å². The Balaban J connectivity index is 1.68. The predicted octanol–water partition coefficient (Wildman–Crippen LogP) is 4.52. The molecule has 2 aromatic carbocycles. The number of primary amides is 1. The Kier molecular flexibility index (Phi) is 5.15. The summed E-state index contributed by atoms with van der Waals surface area (Å²) in [5, 5.41) is 4.30. The van der Waals surface area contributed by atoms with Crippen molar-refractivity contribution in [2.45, 2.75) is 25.8 Å². The lowest BCUT2D eigenvalue weighted by atomic mass is 9.72. The number of nitrogens with two attached hydrogens (primary N) is 1. The van der Waals surface area contributed by atoms with E-state index >= 15 is 0 Å². The summed E-state index contributed by atoms with van der Waals surface area (Å²) in [6, 6.07) is 13.5. The minimum Gasteiger partial charge on any atom is -0.366 e. The number of fused-ring (bicyclic) bond motifs is 1. The molecule has 0 atom stereocenters. The van der Waals surface area contributed by atoms with Gasteiger partial charge in [-0.15, -0.1) is 0 Å². The predicted molar refractivity (Wildman–Crippen MR) is 114 cm³/mol. The molecule has 1 amide bonds. The van der Waals surface area contributed by atoms with E-state index in [2.05, 4.69) is 11.4 Å². The van der Waals surface area contributed by atoms with Gasteiger partial charge in [0.1, 0.15) is 5.84 Å². The molecular weight excluding hydrogens is 378 g/mol. The Bertz CT molecular complexity index is 906. The molecule has 1 fully saturated rings. The molecule has 0 radical (unpaired) electrons. The summed E-state index contributed by atoms with van der Waals surface area (Å²) >= 11 is 8.11. The van der Waals surface area contributed by atoms with Gasteiger partial charge in [-0.3, -0.25) is 9.79 Å². The molecule has 27 heavy (non-hydrogen) atoms. The van der Waals surface area contributed by atoms with Gasteiger partial charge in [-0.1, -0.05) is 23.7 Å². The van der Waals surface area contributed by atoms with Crippen LogP contribution in [-0.4, -0.2) is 23.2 Å². The fourth-order valence-electron chi connectivity index (χ4n) is 3.91. The summed E-state index contributed by atoms with van der Waals surface area (Å²) in [6.45, 7) is 0.604. The van der Waals surface area contributed by atoms with E-state index in [1.165, 1.54) is 0 Å². The zero-order valence-corrected chi connectivity index (χ0v) is 16.6. The van der Waals surface area contributed by atoms with E-state index in [-0.39, 0.29) is 11.3 Å². The monoisotopic (exact) mass is 399 g/mol. The minimum atomic E-state index is -0.383. The van der Waals surface area contributed by atoms with Crippen molar-refractivity contribution < 1.29 is 4.79 Å². The van der Waals surface area contributed by atoms with E-state index in [0.717, 1.165) is 58.4 Å². The average Bonchev–Trinajstić information content (AvgIpc) is 2.66. The Morgan fingerprint density at radius 3 is 2.78 bits per heavy atom. The maximum absolute atomic E-state index is 11.6. The number of hydrogen-bond acceptors (Lipinski definition) is 3. The van der Waals surface area contributed by atoms with Gasteiger partial charge in [0, 0.05) is 21.7 Å². The number of benzene rings is 2. The maximum atomic E-state index is 11.6. The van der Waals surface area contributed by atoms with Crippen LogP contribution in [0.25, 0.3) is 0 Å². The molecule has 0 aliphatic carbocycles. The van der Waals surface area contributed by atoms with E-state index in [0.29, 0.717) is 12.1 Å². The highest BCUT2D eigenvalue weighted by Gasteiger charge is 2.41. The topological polar surface area (TPSA) is 67.5 Å². The number of hydrogen-bond donors (Lipinski definition) is 2. The Morgan fingerprint density at radius 2 is 2.04 bits per heavy atom. The van der Waals surface area contributed by atoms with Crippen LogP contribution in [0.1, 0.15) is 34.3 Å². The quantitative estimate of drug-likeness (QED) is 0.797. The fourth-order valence-corrected chi connectivity index (χ4v) is 5.40. The molecule has 4 rings (SSSR count). The largest absolute Gasteiger partial charge is 0.366 e. The first-order valence-electron chi connectivity index (χ1n) is 9.13. The van der Waals surface area contributed by atoms with Crippen molar-refractivity contribution in [3.8, 4) is 0 Å². The lowest BCUT2D eigenvalue weighted by molar-refractivity contribution is 0.1000. The van der Waals surface area contributed by atoms with Gasteiger partial charge in [0.05, 0.1) is 6.54 Å². The van der Waals surface area contributed by atoms with Crippen molar-refractivity contribution in [2.75, 3.05) is 16.8 Å². The second-order valence-corrected chi connectivity index (χ2v) is 8.89. The van der Waals surface area contributed by atoms with Gasteiger partial charge in [-0.2, -0.15) is 11.8 Å². The second kappa shape index (κ2) is 7.56. The summed E-state index contributed by atoms with van der Waals surface area (Å²) in [6.07, 6.45) is 3.06. The van der Waals surface area contributed by atoms with Gasteiger partial charge in [-0.05, 0) is 72.2 Å². The molecule has 3 N–H and O–H groups in total. The van der Waals surface area contributed by atoms with E-state index < -0.39 is 0 Å². The molecule has 2 aromatic rings. The Labute approximate surface area is 168 Å². The average molecular weight is 400 g/mol. The number of carbonyl (C=O) groups excluding carboxylic acids is 1. The number of thioether (sulfide) groups is 1. The highest BCUT2D eigenvalue weighted by molar-refractivity contribution is 7.99. The first-order valence-corrected chi connectivity index (χ1v) is 10.7. The van der Waals surface area contributed by atoms with Crippen molar-refractivity contribution in [3.63, 3.8) is 0 Å². The second-order valence-electron chi connectivity index (χ2n) is 7.23. The number of nitrogens with one attached hydrogen (secondary N) is 1. The summed E-state index contributed by atoms with van der Waals surface area (Å²) < 4.78 is 0. The van der Waals surface area contributed by atoms with Crippen LogP contribution in [0.3, 0.4) is 0 Å². The lowest BCUT2D eigenvalue weighted by Crippen LogP contribution is -2.44. The zero-order valence-electron chi connectivity index (χ0n) is 15.0. The molecule has 0 aromatic heterocycles. The van der Waals surface area contributed by atoms with Gasteiger partial charge < -0.3 is 11.1 Å². The minimum absolute atomic E-state index is 0.00704. The Hall–Kier alpha value is -1.98. The molecule has 1 saturated heterocycles. The summed E-state index contributed by atoms with van der Waals surface area (Å²) in [4.78, 5) is 16.5. The number of amidine groups is 1. The van der Waals surface area contributed by atoms with Crippen molar-refractivity contribution in [1.29, 1.82) is 0 Å². The van der Waals surface area contributed by atoms with E-state index in [1.54, 1.807) is 6.07 Å². The molecule has 140 valence electrons. The van der Waals surface area contributed by atoms with Gasteiger partial charge in [0.2, 0.25) is 5.91 Å². The molecule has 0 unspecified atom stereocenters. The third kappa shape index (κ3) is 3.85. The van der Waals surface area contributed by atoms with Crippen LogP contribution < -0.4 is 11.1 Å². The number of anilines is 1. The van der Waals surface area contributed by atoms with Crippen LogP contribution in [0.4, 0.5) is 5.69 Å². The normalized spacial score (nSPS) is 19.5. The number of halogens is 1. The maximum Gasteiger partial charge on any atom is 0.248 e. The Morgan fingerprint density at radius 1 is 1.22 bits per heavy atom. The molecule has 1 spiro atoms. The van der Waals surface area contributed by atoms with Crippen LogP contribution in [0.2, 0.25) is 5.02 Å². The third-order valence-corrected chi connectivity index (χ3v) is 6.65. The number of aliphatic imine (C=N–C) groups is 1. The summed E-state index contributed by atoms with van der Waals surface area (Å²) in [7, 11) is 0. The number of carbonyl (C=O) groups is 1. The number of amides is 1. The molecular formula is C21H22ClN3OS. The summed E-state index contributed by atoms with van der Waals surface area (Å²) in [5.41, 5.74) is 9.32.